The van der Waals surface area contributed by atoms with Gasteiger partial charge in [-0.15, -0.1) is 0 Å². The Balaban J connectivity index is 2.44. The van der Waals surface area contributed by atoms with E-state index >= 15 is 0 Å². The van der Waals surface area contributed by atoms with E-state index in [0.717, 1.165) is 19.4 Å². The molecule has 0 aromatic carbocycles. The first kappa shape index (κ1) is 16.9. The highest BCUT2D eigenvalue weighted by Gasteiger charge is 2.35. The van der Waals surface area contributed by atoms with Gasteiger partial charge in [-0.1, -0.05) is 13.3 Å². The number of amides is 1. The smallest absolute Gasteiger partial charge is 0.329 e. The summed E-state index contributed by atoms with van der Waals surface area (Å²) < 4.78 is 10.9. The fourth-order valence-electron chi connectivity index (χ4n) is 2.20. The van der Waals surface area contributed by atoms with E-state index in [1.165, 1.54) is 6.92 Å². The second-order valence-corrected chi connectivity index (χ2v) is 5.49. The second kappa shape index (κ2) is 7.59. The third-order valence-electron chi connectivity index (χ3n) is 3.55. The fraction of sp³-hybridized carbons (Fsp3) is 0.857. The Hall–Kier alpha value is -1.14. The average molecular weight is 287 g/mol. The summed E-state index contributed by atoms with van der Waals surface area (Å²) in [4.78, 5) is 23.3. The molecule has 20 heavy (non-hydrogen) atoms. The SMILES string of the molecule is CCCC(C)(NC(=O)C(C)OCC1CCCO1)C(=O)O. The third-order valence-corrected chi connectivity index (χ3v) is 3.55. The van der Waals surface area contributed by atoms with E-state index in [9.17, 15) is 14.7 Å². The van der Waals surface area contributed by atoms with E-state index in [4.69, 9.17) is 9.47 Å². The molecule has 1 aliphatic rings. The molecule has 1 amide bonds. The molecule has 2 N–H and O–H groups in total. The van der Waals surface area contributed by atoms with Gasteiger partial charge in [0.05, 0.1) is 12.7 Å². The molecular formula is C14H25NO5. The number of carboxylic acid groups (broad SMARTS) is 1. The van der Waals surface area contributed by atoms with E-state index in [1.807, 2.05) is 6.92 Å². The predicted octanol–water partition coefficient (Wildman–Crippen LogP) is 1.33. The Morgan fingerprint density at radius 2 is 2.25 bits per heavy atom. The molecule has 1 saturated heterocycles. The molecule has 3 atom stereocenters. The lowest BCUT2D eigenvalue weighted by molar-refractivity contribution is -0.150. The van der Waals surface area contributed by atoms with Crippen LogP contribution in [0.5, 0.6) is 0 Å². The minimum atomic E-state index is -1.24. The van der Waals surface area contributed by atoms with Crippen molar-refractivity contribution in [3.63, 3.8) is 0 Å². The number of hydrogen-bond acceptors (Lipinski definition) is 4. The number of carboxylic acids is 1. The summed E-state index contributed by atoms with van der Waals surface area (Å²) in [6.45, 7) is 6.13. The van der Waals surface area contributed by atoms with Crippen LogP contribution >= 0.6 is 0 Å². The number of ether oxygens (including phenoxy) is 2. The van der Waals surface area contributed by atoms with E-state index in [1.54, 1.807) is 6.92 Å². The van der Waals surface area contributed by atoms with Gasteiger partial charge in [0, 0.05) is 6.61 Å². The van der Waals surface area contributed by atoms with E-state index in [-0.39, 0.29) is 6.10 Å². The molecule has 0 aliphatic carbocycles. The number of aliphatic carboxylic acids is 1. The average Bonchev–Trinajstić information content (AvgIpc) is 2.88. The standard InChI is InChI=1S/C14H25NO5/c1-4-7-14(3,13(17)18)15-12(16)10(2)20-9-11-6-5-8-19-11/h10-11H,4-9H2,1-3H3,(H,15,16)(H,17,18). The molecule has 0 bridgehead atoms. The highest BCUT2D eigenvalue weighted by Crippen LogP contribution is 2.15. The zero-order valence-corrected chi connectivity index (χ0v) is 12.5. The third kappa shape index (κ3) is 4.76. The Bertz CT molecular complexity index is 340. The van der Waals surface area contributed by atoms with Crippen molar-refractivity contribution in [3.8, 4) is 0 Å². The lowest BCUT2D eigenvalue weighted by Gasteiger charge is -2.27. The number of carbonyl (C=O) groups is 2. The van der Waals surface area contributed by atoms with Gasteiger partial charge in [0.25, 0.3) is 0 Å². The number of hydrogen-bond donors (Lipinski definition) is 2. The molecule has 0 radical (unpaired) electrons. The molecule has 6 nitrogen and oxygen atoms in total. The first-order valence-electron chi connectivity index (χ1n) is 7.17. The van der Waals surface area contributed by atoms with Gasteiger partial charge in [-0.05, 0) is 33.1 Å². The summed E-state index contributed by atoms with van der Waals surface area (Å²) in [5.74, 6) is -1.43. The van der Waals surface area contributed by atoms with Crippen LogP contribution in [0.4, 0.5) is 0 Å². The zero-order valence-electron chi connectivity index (χ0n) is 12.5. The molecule has 1 rings (SSSR count). The molecule has 0 aromatic rings. The Labute approximate surface area is 119 Å². The van der Waals surface area contributed by atoms with Gasteiger partial charge in [-0.25, -0.2) is 4.79 Å². The van der Waals surface area contributed by atoms with Crippen molar-refractivity contribution in [1.82, 2.24) is 5.32 Å². The molecule has 0 aromatic heterocycles. The summed E-state index contributed by atoms with van der Waals surface area (Å²) in [5, 5.41) is 11.8. The summed E-state index contributed by atoms with van der Waals surface area (Å²) in [6, 6.07) is 0. The van der Waals surface area contributed by atoms with Crippen molar-refractivity contribution < 1.29 is 24.2 Å². The lowest BCUT2D eigenvalue weighted by Crippen LogP contribution is -2.54. The van der Waals surface area contributed by atoms with Gasteiger partial charge in [0.1, 0.15) is 11.6 Å². The molecule has 1 fully saturated rings. The Kier molecular flexibility index (Phi) is 6.42. The first-order chi connectivity index (χ1) is 9.39. The van der Waals surface area contributed by atoms with Crippen LogP contribution in [0.2, 0.25) is 0 Å². The van der Waals surface area contributed by atoms with E-state index < -0.39 is 23.5 Å². The molecular weight excluding hydrogens is 262 g/mol. The minimum Gasteiger partial charge on any atom is -0.480 e. The van der Waals surface area contributed by atoms with E-state index in [2.05, 4.69) is 5.32 Å². The summed E-state index contributed by atoms with van der Waals surface area (Å²) in [6.07, 6.45) is 2.38. The maximum Gasteiger partial charge on any atom is 0.329 e. The molecule has 3 unspecified atom stereocenters. The van der Waals surface area contributed by atoms with Crippen molar-refractivity contribution in [2.45, 2.75) is 64.2 Å². The van der Waals surface area contributed by atoms with Crippen LogP contribution in [-0.2, 0) is 19.1 Å². The fourth-order valence-corrected chi connectivity index (χ4v) is 2.20. The first-order valence-corrected chi connectivity index (χ1v) is 7.17. The van der Waals surface area contributed by atoms with Crippen molar-refractivity contribution in [2.75, 3.05) is 13.2 Å². The lowest BCUT2D eigenvalue weighted by atomic mass is 9.96. The Morgan fingerprint density at radius 3 is 2.75 bits per heavy atom. The zero-order chi connectivity index (χ0) is 15.2. The van der Waals surface area contributed by atoms with Crippen molar-refractivity contribution >= 4 is 11.9 Å². The molecule has 0 spiro atoms. The second-order valence-electron chi connectivity index (χ2n) is 5.49. The highest BCUT2D eigenvalue weighted by molar-refractivity contribution is 5.88. The van der Waals surface area contributed by atoms with Crippen LogP contribution in [0.3, 0.4) is 0 Å². The summed E-state index contributed by atoms with van der Waals surface area (Å²) in [5.41, 5.74) is -1.24. The van der Waals surface area contributed by atoms with Crippen LogP contribution in [0, 0.1) is 0 Å². The molecule has 0 saturated carbocycles. The van der Waals surface area contributed by atoms with Crippen molar-refractivity contribution in [3.05, 3.63) is 0 Å². The minimum absolute atomic E-state index is 0.0479. The normalized spacial score (nSPS) is 23.1. The van der Waals surface area contributed by atoms with Crippen LogP contribution in [0.1, 0.15) is 46.5 Å². The maximum absolute atomic E-state index is 12.0. The number of carbonyl (C=O) groups excluding carboxylic acids is 1. The molecule has 1 heterocycles. The molecule has 6 heteroatoms. The van der Waals surface area contributed by atoms with Gasteiger partial charge in [-0.3, -0.25) is 4.79 Å². The van der Waals surface area contributed by atoms with Gasteiger partial charge in [0.15, 0.2) is 0 Å². The Morgan fingerprint density at radius 1 is 1.55 bits per heavy atom. The maximum atomic E-state index is 12.0. The van der Waals surface area contributed by atoms with Gasteiger partial charge in [0.2, 0.25) is 5.91 Å². The molecule has 1 aliphatic heterocycles. The van der Waals surface area contributed by atoms with E-state index in [0.29, 0.717) is 19.4 Å². The van der Waals surface area contributed by atoms with Crippen LogP contribution < -0.4 is 5.32 Å². The number of rotatable bonds is 8. The summed E-state index contributed by atoms with van der Waals surface area (Å²) >= 11 is 0. The van der Waals surface area contributed by atoms with Gasteiger partial charge >= 0.3 is 5.97 Å². The van der Waals surface area contributed by atoms with Gasteiger partial charge in [-0.2, -0.15) is 0 Å². The topological polar surface area (TPSA) is 84.9 Å². The highest BCUT2D eigenvalue weighted by atomic mass is 16.5. The van der Waals surface area contributed by atoms with Crippen molar-refractivity contribution in [1.29, 1.82) is 0 Å². The number of nitrogens with one attached hydrogen (secondary N) is 1. The molecule has 116 valence electrons. The quantitative estimate of drug-likeness (QED) is 0.703. The monoisotopic (exact) mass is 287 g/mol. The van der Waals surface area contributed by atoms with Crippen LogP contribution in [0.15, 0.2) is 0 Å². The van der Waals surface area contributed by atoms with Crippen LogP contribution in [-0.4, -0.2) is 47.9 Å². The summed E-state index contributed by atoms with van der Waals surface area (Å²) in [7, 11) is 0. The van der Waals surface area contributed by atoms with Crippen molar-refractivity contribution in [2.24, 2.45) is 0 Å². The predicted molar refractivity (Wildman–Crippen MR) is 73.5 cm³/mol. The van der Waals surface area contributed by atoms with Gasteiger partial charge < -0.3 is 19.9 Å². The van der Waals surface area contributed by atoms with Crippen LogP contribution in [0.25, 0.3) is 0 Å². The largest absolute Gasteiger partial charge is 0.480 e.